The monoisotopic (exact) mass is 295 g/mol. The number of rotatable bonds is 9. The van der Waals surface area contributed by atoms with Crippen molar-refractivity contribution < 1.29 is 4.79 Å². The van der Waals surface area contributed by atoms with Gasteiger partial charge in [0.1, 0.15) is 0 Å². The predicted octanol–water partition coefficient (Wildman–Crippen LogP) is 4.81. The molecular weight excluding hydrogens is 270 g/mol. The third-order valence-corrected chi connectivity index (χ3v) is 4.06. The van der Waals surface area contributed by atoms with Gasteiger partial charge < -0.3 is 4.90 Å². The molecule has 1 atom stereocenters. The Balaban J connectivity index is 2.53. The van der Waals surface area contributed by atoms with Gasteiger partial charge >= 0.3 is 0 Å². The van der Waals surface area contributed by atoms with Crippen molar-refractivity contribution in [1.82, 2.24) is 4.90 Å². The van der Waals surface area contributed by atoms with Gasteiger partial charge in [-0.25, -0.2) is 0 Å². The Labute approximate surface area is 128 Å². The molecule has 0 saturated carbocycles. The van der Waals surface area contributed by atoms with Crippen molar-refractivity contribution in [2.24, 2.45) is 0 Å². The average Bonchev–Trinajstić information content (AvgIpc) is 2.47. The first-order valence-electron chi connectivity index (χ1n) is 7.61. The maximum atomic E-state index is 12.2. The van der Waals surface area contributed by atoms with E-state index in [0.29, 0.717) is 17.5 Å². The van der Waals surface area contributed by atoms with Crippen LogP contribution in [0, 0.1) is 0 Å². The lowest BCUT2D eigenvalue weighted by Gasteiger charge is -2.28. The highest BCUT2D eigenvalue weighted by atomic mass is 35.5. The summed E-state index contributed by atoms with van der Waals surface area (Å²) < 4.78 is 0. The summed E-state index contributed by atoms with van der Waals surface area (Å²) in [6, 6.07) is 7.71. The summed E-state index contributed by atoms with van der Waals surface area (Å²) in [5.41, 5.74) is 0.758. The third kappa shape index (κ3) is 5.64. The lowest BCUT2D eigenvalue weighted by atomic mass is 10.1. The quantitative estimate of drug-likeness (QED) is 0.609. The van der Waals surface area contributed by atoms with Crippen molar-refractivity contribution in [1.29, 1.82) is 0 Å². The van der Waals surface area contributed by atoms with Crippen LogP contribution in [0.4, 0.5) is 0 Å². The fourth-order valence-corrected chi connectivity index (χ4v) is 2.32. The molecule has 0 amide bonds. The van der Waals surface area contributed by atoms with Crippen LogP contribution >= 0.6 is 11.6 Å². The standard InChI is InChI=1S/C17H26ClNO/c1-4-6-12-19(14(3)5-2)13-11-17(20)15-7-9-16(18)10-8-15/h7-10,14H,4-6,11-13H2,1-3H3. The number of halogens is 1. The Bertz CT molecular complexity index is 402. The zero-order chi connectivity index (χ0) is 15.0. The number of carbonyl (C=O) groups excluding carboxylic acids is 1. The molecule has 0 fully saturated rings. The highest BCUT2D eigenvalue weighted by molar-refractivity contribution is 6.30. The fourth-order valence-electron chi connectivity index (χ4n) is 2.20. The molecule has 2 nitrogen and oxygen atoms in total. The molecule has 112 valence electrons. The summed E-state index contributed by atoms with van der Waals surface area (Å²) in [7, 11) is 0. The molecule has 0 heterocycles. The molecule has 0 saturated heterocycles. The van der Waals surface area contributed by atoms with E-state index >= 15 is 0 Å². The van der Waals surface area contributed by atoms with Crippen LogP contribution in [0.25, 0.3) is 0 Å². The molecule has 0 spiro atoms. The van der Waals surface area contributed by atoms with E-state index in [0.717, 1.165) is 25.1 Å². The summed E-state index contributed by atoms with van der Waals surface area (Å²) in [6.45, 7) is 8.57. The van der Waals surface area contributed by atoms with Gasteiger partial charge in [0.25, 0.3) is 0 Å². The highest BCUT2D eigenvalue weighted by Crippen LogP contribution is 2.13. The molecular formula is C17H26ClNO. The molecule has 3 heteroatoms. The van der Waals surface area contributed by atoms with E-state index < -0.39 is 0 Å². The Morgan fingerprint density at radius 1 is 1.20 bits per heavy atom. The summed E-state index contributed by atoms with van der Waals surface area (Å²) in [5, 5.41) is 0.672. The zero-order valence-corrected chi connectivity index (χ0v) is 13.6. The molecule has 1 rings (SSSR count). The summed E-state index contributed by atoms with van der Waals surface area (Å²) in [4.78, 5) is 14.6. The second-order valence-electron chi connectivity index (χ2n) is 5.33. The Hall–Kier alpha value is -0.860. The van der Waals surface area contributed by atoms with Gasteiger partial charge in [0.2, 0.25) is 0 Å². The van der Waals surface area contributed by atoms with Crippen molar-refractivity contribution in [3.05, 3.63) is 34.9 Å². The molecule has 0 radical (unpaired) electrons. The minimum Gasteiger partial charge on any atom is -0.300 e. The Morgan fingerprint density at radius 3 is 2.40 bits per heavy atom. The first-order chi connectivity index (χ1) is 9.58. The summed E-state index contributed by atoms with van der Waals surface area (Å²) in [5.74, 6) is 0.200. The Morgan fingerprint density at radius 2 is 1.85 bits per heavy atom. The maximum Gasteiger partial charge on any atom is 0.164 e. The predicted molar refractivity (Wildman–Crippen MR) is 86.6 cm³/mol. The lowest BCUT2D eigenvalue weighted by molar-refractivity contribution is 0.0951. The van der Waals surface area contributed by atoms with Gasteiger partial charge in [-0.3, -0.25) is 4.79 Å². The third-order valence-electron chi connectivity index (χ3n) is 3.81. The van der Waals surface area contributed by atoms with Gasteiger partial charge in [0, 0.05) is 29.6 Å². The van der Waals surface area contributed by atoms with E-state index in [9.17, 15) is 4.79 Å². The molecule has 1 aromatic carbocycles. The van der Waals surface area contributed by atoms with E-state index in [-0.39, 0.29) is 5.78 Å². The van der Waals surface area contributed by atoms with Crippen LogP contribution < -0.4 is 0 Å². The second kappa shape index (κ2) is 9.15. The molecule has 1 aromatic rings. The van der Waals surface area contributed by atoms with Gasteiger partial charge in [0.15, 0.2) is 5.78 Å². The Kier molecular flexibility index (Phi) is 7.86. The molecule has 0 bridgehead atoms. The molecule has 0 aliphatic rings. The maximum absolute atomic E-state index is 12.2. The largest absolute Gasteiger partial charge is 0.300 e. The minimum atomic E-state index is 0.200. The number of Topliss-reactive ketones (excluding diaryl/α,β-unsaturated/α-hetero) is 1. The summed E-state index contributed by atoms with van der Waals surface area (Å²) in [6.07, 6.45) is 4.09. The van der Waals surface area contributed by atoms with Gasteiger partial charge in [-0.15, -0.1) is 0 Å². The molecule has 0 aromatic heterocycles. The van der Waals surface area contributed by atoms with Crippen molar-refractivity contribution in [2.45, 2.75) is 52.5 Å². The van der Waals surface area contributed by atoms with Crippen LogP contribution in [-0.4, -0.2) is 29.8 Å². The second-order valence-corrected chi connectivity index (χ2v) is 5.76. The van der Waals surface area contributed by atoms with E-state index in [1.54, 1.807) is 12.1 Å². The number of hydrogen-bond acceptors (Lipinski definition) is 2. The van der Waals surface area contributed by atoms with Crippen LogP contribution in [0.5, 0.6) is 0 Å². The first-order valence-corrected chi connectivity index (χ1v) is 7.99. The molecule has 1 unspecified atom stereocenters. The number of ketones is 1. The number of benzene rings is 1. The SMILES string of the molecule is CCCCN(CCC(=O)c1ccc(Cl)cc1)C(C)CC. The number of nitrogens with zero attached hydrogens (tertiary/aromatic N) is 1. The molecule has 20 heavy (non-hydrogen) atoms. The molecule has 0 N–H and O–H groups in total. The van der Waals surface area contributed by atoms with Crippen molar-refractivity contribution in [3.63, 3.8) is 0 Å². The van der Waals surface area contributed by atoms with Crippen LogP contribution in [0.1, 0.15) is 56.8 Å². The van der Waals surface area contributed by atoms with Gasteiger partial charge in [-0.05, 0) is 50.6 Å². The van der Waals surface area contributed by atoms with E-state index in [1.807, 2.05) is 12.1 Å². The van der Waals surface area contributed by atoms with E-state index in [2.05, 4.69) is 25.7 Å². The highest BCUT2D eigenvalue weighted by Gasteiger charge is 2.14. The normalized spacial score (nSPS) is 12.7. The minimum absolute atomic E-state index is 0.200. The van der Waals surface area contributed by atoms with Gasteiger partial charge in [-0.1, -0.05) is 31.9 Å². The van der Waals surface area contributed by atoms with E-state index in [4.69, 9.17) is 11.6 Å². The van der Waals surface area contributed by atoms with E-state index in [1.165, 1.54) is 12.8 Å². The van der Waals surface area contributed by atoms with Crippen LogP contribution in [0.15, 0.2) is 24.3 Å². The zero-order valence-electron chi connectivity index (χ0n) is 12.9. The fraction of sp³-hybridized carbons (Fsp3) is 0.588. The number of carbonyl (C=O) groups is 1. The lowest BCUT2D eigenvalue weighted by Crippen LogP contribution is -2.35. The number of unbranched alkanes of at least 4 members (excludes halogenated alkanes) is 1. The molecule has 0 aliphatic heterocycles. The summed E-state index contributed by atoms with van der Waals surface area (Å²) >= 11 is 5.84. The van der Waals surface area contributed by atoms with Crippen molar-refractivity contribution in [2.75, 3.05) is 13.1 Å². The topological polar surface area (TPSA) is 20.3 Å². The molecule has 0 aliphatic carbocycles. The number of hydrogen-bond donors (Lipinski definition) is 0. The van der Waals surface area contributed by atoms with Crippen molar-refractivity contribution >= 4 is 17.4 Å². The smallest absolute Gasteiger partial charge is 0.164 e. The average molecular weight is 296 g/mol. The first kappa shape index (κ1) is 17.2. The van der Waals surface area contributed by atoms with Crippen LogP contribution in [-0.2, 0) is 0 Å². The van der Waals surface area contributed by atoms with Crippen molar-refractivity contribution in [3.8, 4) is 0 Å². The van der Waals surface area contributed by atoms with Gasteiger partial charge in [-0.2, -0.15) is 0 Å². The van der Waals surface area contributed by atoms with Crippen LogP contribution in [0.3, 0.4) is 0 Å². The van der Waals surface area contributed by atoms with Crippen LogP contribution in [0.2, 0.25) is 5.02 Å². The van der Waals surface area contributed by atoms with Gasteiger partial charge in [0.05, 0.1) is 0 Å².